The van der Waals surface area contributed by atoms with Crippen molar-refractivity contribution in [1.82, 2.24) is 10.6 Å². The van der Waals surface area contributed by atoms with Crippen molar-refractivity contribution in [2.75, 3.05) is 38.8 Å². The molecular formula is C15H26IN3OS. The zero-order valence-electron chi connectivity index (χ0n) is 13.0. The number of methoxy groups -OCH3 is 1. The van der Waals surface area contributed by atoms with Gasteiger partial charge in [0, 0.05) is 26.0 Å². The molecule has 0 aliphatic rings. The first-order valence-electron chi connectivity index (χ1n) is 6.90. The van der Waals surface area contributed by atoms with Crippen LogP contribution in [0.15, 0.2) is 35.3 Å². The molecule has 1 atom stereocenters. The van der Waals surface area contributed by atoms with Gasteiger partial charge in [0.1, 0.15) is 6.10 Å². The minimum atomic E-state index is -0.00722. The second-order valence-corrected chi connectivity index (χ2v) is 5.26. The Kier molecular flexibility index (Phi) is 12.9. The van der Waals surface area contributed by atoms with Gasteiger partial charge in [-0.25, -0.2) is 0 Å². The molecule has 1 rings (SSSR count). The van der Waals surface area contributed by atoms with Crippen molar-refractivity contribution < 1.29 is 4.74 Å². The lowest BCUT2D eigenvalue weighted by Crippen LogP contribution is -2.38. The topological polar surface area (TPSA) is 45.7 Å². The zero-order valence-corrected chi connectivity index (χ0v) is 16.1. The fourth-order valence-electron chi connectivity index (χ4n) is 1.77. The van der Waals surface area contributed by atoms with E-state index in [1.807, 2.05) is 30.0 Å². The molecule has 0 bridgehead atoms. The standard InChI is InChI=1S/C15H25N3OS.HI/c1-4-16-15(17-10-11-20-3)18-12-14(19-2)13-8-6-5-7-9-13;/h5-9,14H,4,10-12H2,1-3H3,(H2,16,17,18);1H. The minimum absolute atomic E-state index is 0. The Labute approximate surface area is 149 Å². The normalized spacial score (nSPS) is 12.4. The van der Waals surface area contributed by atoms with Crippen molar-refractivity contribution in [3.05, 3.63) is 35.9 Å². The van der Waals surface area contributed by atoms with E-state index < -0.39 is 0 Å². The fourth-order valence-corrected chi connectivity index (χ4v) is 2.08. The van der Waals surface area contributed by atoms with Gasteiger partial charge in [0.2, 0.25) is 0 Å². The number of nitrogens with one attached hydrogen (secondary N) is 2. The van der Waals surface area contributed by atoms with E-state index in [1.54, 1.807) is 7.11 Å². The third-order valence-electron chi connectivity index (χ3n) is 2.81. The highest BCUT2D eigenvalue weighted by Gasteiger charge is 2.09. The monoisotopic (exact) mass is 423 g/mol. The van der Waals surface area contributed by atoms with Crippen LogP contribution in [0.4, 0.5) is 0 Å². The maximum atomic E-state index is 5.52. The molecule has 0 amide bonds. The Morgan fingerprint density at radius 1 is 1.29 bits per heavy atom. The van der Waals surface area contributed by atoms with Gasteiger partial charge in [-0.15, -0.1) is 24.0 Å². The number of hydrogen-bond acceptors (Lipinski definition) is 3. The third kappa shape index (κ3) is 8.53. The molecule has 0 aliphatic heterocycles. The molecular weight excluding hydrogens is 397 g/mol. The predicted octanol–water partition coefficient (Wildman–Crippen LogP) is 2.91. The van der Waals surface area contributed by atoms with E-state index in [2.05, 4.69) is 40.9 Å². The number of benzene rings is 1. The number of thioether (sulfide) groups is 1. The van der Waals surface area contributed by atoms with E-state index in [9.17, 15) is 0 Å². The largest absolute Gasteiger partial charge is 0.375 e. The molecule has 21 heavy (non-hydrogen) atoms. The summed E-state index contributed by atoms with van der Waals surface area (Å²) in [4.78, 5) is 4.59. The SMILES string of the molecule is CCNC(=NCC(OC)c1ccccc1)NCCSC.I. The summed E-state index contributed by atoms with van der Waals surface area (Å²) >= 11 is 1.82. The van der Waals surface area contributed by atoms with Gasteiger partial charge in [-0.05, 0) is 18.7 Å². The van der Waals surface area contributed by atoms with Crippen LogP contribution in [0.1, 0.15) is 18.6 Å². The summed E-state index contributed by atoms with van der Waals surface area (Å²) in [6, 6.07) is 10.2. The zero-order chi connectivity index (χ0) is 14.6. The molecule has 120 valence electrons. The molecule has 0 saturated heterocycles. The van der Waals surface area contributed by atoms with Gasteiger partial charge in [-0.3, -0.25) is 4.99 Å². The second-order valence-electron chi connectivity index (χ2n) is 4.27. The van der Waals surface area contributed by atoms with Gasteiger partial charge in [0.05, 0.1) is 6.54 Å². The summed E-state index contributed by atoms with van der Waals surface area (Å²) in [5.74, 6) is 1.91. The van der Waals surface area contributed by atoms with Gasteiger partial charge >= 0.3 is 0 Å². The van der Waals surface area contributed by atoms with Crippen molar-refractivity contribution in [3.8, 4) is 0 Å². The Balaban J connectivity index is 0.00000400. The molecule has 0 heterocycles. The van der Waals surface area contributed by atoms with Crippen molar-refractivity contribution in [2.24, 2.45) is 4.99 Å². The van der Waals surface area contributed by atoms with Crippen LogP contribution in [-0.2, 0) is 4.74 Å². The molecule has 0 fully saturated rings. The number of guanidine groups is 1. The van der Waals surface area contributed by atoms with E-state index in [-0.39, 0.29) is 30.1 Å². The molecule has 0 aromatic heterocycles. The molecule has 1 aromatic rings. The second kappa shape index (κ2) is 13.2. The van der Waals surface area contributed by atoms with E-state index in [4.69, 9.17) is 4.74 Å². The number of aliphatic imine (C=N–C) groups is 1. The van der Waals surface area contributed by atoms with Gasteiger partial charge < -0.3 is 15.4 Å². The van der Waals surface area contributed by atoms with Crippen LogP contribution in [-0.4, -0.2) is 44.7 Å². The van der Waals surface area contributed by atoms with Crippen LogP contribution < -0.4 is 10.6 Å². The lowest BCUT2D eigenvalue weighted by molar-refractivity contribution is 0.111. The summed E-state index contributed by atoms with van der Waals surface area (Å²) in [5, 5.41) is 6.56. The molecule has 0 aliphatic carbocycles. The lowest BCUT2D eigenvalue weighted by atomic mass is 10.1. The van der Waals surface area contributed by atoms with Crippen molar-refractivity contribution in [1.29, 1.82) is 0 Å². The number of nitrogens with zero attached hydrogens (tertiary/aromatic N) is 1. The number of halogens is 1. The van der Waals surface area contributed by atoms with Crippen LogP contribution in [0.25, 0.3) is 0 Å². The average molecular weight is 423 g/mol. The highest BCUT2D eigenvalue weighted by Crippen LogP contribution is 2.16. The fraction of sp³-hybridized carbons (Fsp3) is 0.533. The summed E-state index contributed by atoms with van der Waals surface area (Å²) in [5.41, 5.74) is 1.15. The first-order chi connectivity index (χ1) is 9.81. The summed E-state index contributed by atoms with van der Waals surface area (Å²) < 4.78 is 5.52. The molecule has 1 unspecified atom stereocenters. The molecule has 0 spiro atoms. The quantitative estimate of drug-likeness (QED) is 0.292. The molecule has 0 saturated carbocycles. The van der Waals surface area contributed by atoms with Gasteiger partial charge in [-0.1, -0.05) is 30.3 Å². The maximum Gasteiger partial charge on any atom is 0.191 e. The van der Waals surface area contributed by atoms with E-state index >= 15 is 0 Å². The van der Waals surface area contributed by atoms with E-state index in [1.165, 1.54) is 0 Å². The average Bonchev–Trinajstić information content (AvgIpc) is 2.49. The highest BCUT2D eigenvalue weighted by molar-refractivity contribution is 14.0. The highest BCUT2D eigenvalue weighted by atomic mass is 127. The summed E-state index contributed by atoms with van der Waals surface area (Å²) in [6.45, 7) is 4.44. The predicted molar refractivity (Wildman–Crippen MR) is 104 cm³/mol. The smallest absolute Gasteiger partial charge is 0.191 e. The number of rotatable bonds is 8. The summed E-state index contributed by atoms with van der Waals surface area (Å²) in [7, 11) is 1.72. The minimum Gasteiger partial charge on any atom is -0.375 e. The van der Waals surface area contributed by atoms with Crippen LogP contribution >= 0.6 is 35.7 Å². The van der Waals surface area contributed by atoms with Gasteiger partial charge in [0.25, 0.3) is 0 Å². The van der Waals surface area contributed by atoms with E-state index in [0.29, 0.717) is 6.54 Å². The molecule has 0 radical (unpaired) electrons. The Bertz CT molecular complexity index is 390. The lowest BCUT2D eigenvalue weighted by Gasteiger charge is -2.15. The third-order valence-corrected chi connectivity index (χ3v) is 3.43. The van der Waals surface area contributed by atoms with Crippen molar-refractivity contribution in [2.45, 2.75) is 13.0 Å². The Morgan fingerprint density at radius 3 is 2.57 bits per heavy atom. The van der Waals surface area contributed by atoms with Crippen molar-refractivity contribution >= 4 is 41.7 Å². The molecule has 1 aromatic carbocycles. The Morgan fingerprint density at radius 2 is 2.00 bits per heavy atom. The van der Waals surface area contributed by atoms with Crippen LogP contribution in [0.3, 0.4) is 0 Å². The van der Waals surface area contributed by atoms with Gasteiger partial charge in [0.15, 0.2) is 5.96 Å². The Hall–Kier alpha value is -0.470. The van der Waals surface area contributed by atoms with Crippen LogP contribution in [0, 0.1) is 0 Å². The van der Waals surface area contributed by atoms with Gasteiger partial charge in [-0.2, -0.15) is 11.8 Å². The number of hydrogen-bond donors (Lipinski definition) is 2. The van der Waals surface area contributed by atoms with E-state index in [0.717, 1.165) is 30.4 Å². The molecule has 2 N–H and O–H groups in total. The number of ether oxygens (including phenoxy) is 1. The summed E-state index contributed by atoms with van der Waals surface area (Å²) in [6.07, 6.45) is 2.09. The van der Waals surface area contributed by atoms with Crippen LogP contribution in [0.2, 0.25) is 0 Å². The van der Waals surface area contributed by atoms with Crippen LogP contribution in [0.5, 0.6) is 0 Å². The maximum absolute atomic E-state index is 5.52. The first kappa shape index (κ1) is 20.5. The molecule has 4 nitrogen and oxygen atoms in total. The molecule has 6 heteroatoms. The first-order valence-corrected chi connectivity index (χ1v) is 8.30. The van der Waals surface area contributed by atoms with Crippen molar-refractivity contribution in [3.63, 3.8) is 0 Å².